The standard InChI is InChI=1S/C15H19N3O2.C2H6/c1-15(2,3)20-14(19)17-10-8-12-7-6-11-5-4-9-16-13(11)18-12;1-2/h4-7,9H,8,10H2,1-3H3,(H,17,19);1-2H3. The Hall–Kier alpha value is -2.17. The van der Waals surface area contributed by atoms with Gasteiger partial charge in [-0.25, -0.2) is 14.8 Å². The van der Waals surface area contributed by atoms with Gasteiger partial charge in [-0.3, -0.25) is 0 Å². The molecule has 22 heavy (non-hydrogen) atoms. The lowest BCUT2D eigenvalue weighted by Crippen LogP contribution is -2.33. The van der Waals surface area contributed by atoms with Crippen LogP contribution in [-0.2, 0) is 11.2 Å². The fraction of sp³-hybridized carbons (Fsp3) is 0.471. The highest BCUT2D eigenvalue weighted by molar-refractivity contribution is 5.74. The Bertz CT molecular complexity index is 606. The largest absolute Gasteiger partial charge is 0.444 e. The van der Waals surface area contributed by atoms with Gasteiger partial charge in [0.25, 0.3) is 0 Å². The van der Waals surface area contributed by atoms with Gasteiger partial charge in [-0.15, -0.1) is 0 Å². The molecule has 0 saturated carbocycles. The highest BCUT2D eigenvalue weighted by atomic mass is 16.6. The first-order valence-electron chi connectivity index (χ1n) is 7.61. The fourth-order valence-electron chi connectivity index (χ4n) is 1.74. The molecule has 0 unspecified atom stereocenters. The van der Waals surface area contributed by atoms with E-state index in [0.29, 0.717) is 13.0 Å². The van der Waals surface area contributed by atoms with Crippen molar-refractivity contribution in [2.24, 2.45) is 0 Å². The maximum absolute atomic E-state index is 11.5. The van der Waals surface area contributed by atoms with Crippen molar-refractivity contribution >= 4 is 17.1 Å². The number of pyridine rings is 2. The van der Waals surface area contributed by atoms with Crippen LogP contribution in [0.1, 0.15) is 40.3 Å². The number of nitrogens with zero attached hydrogens (tertiary/aromatic N) is 2. The van der Waals surface area contributed by atoms with E-state index in [0.717, 1.165) is 16.7 Å². The lowest BCUT2D eigenvalue weighted by molar-refractivity contribution is 0.0528. The second-order valence-corrected chi connectivity index (χ2v) is 5.53. The Labute approximate surface area is 132 Å². The smallest absolute Gasteiger partial charge is 0.407 e. The van der Waals surface area contributed by atoms with Crippen LogP contribution in [0, 0.1) is 0 Å². The number of aromatic nitrogens is 2. The third-order valence-corrected chi connectivity index (χ3v) is 2.57. The number of amides is 1. The summed E-state index contributed by atoms with van der Waals surface area (Å²) in [4.78, 5) is 20.1. The molecule has 0 aromatic carbocycles. The van der Waals surface area contributed by atoms with Crippen LogP contribution in [0.2, 0.25) is 0 Å². The molecule has 0 fully saturated rings. The Morgan fingerprint density at radius 2 is 1.95 bits per heavy atom. The minimum atomic E-state index is -0.477. The lowest BCUT2D eigenvalue weighted by atomic mass is 10.2. The molecule has 1 N–H and O–H groups in total. The number of rotatable bonds is 3. The number of carbonyl (C=O) groups excluding carboxylic acids is 1. The predicted octanol–water partition coefficient (Wildman–Crippen LogP) is 3.72. The number of hydrogen-bond donors (Lipinski definition) is 1. The second kappa shape index (κ2) is 8.32. The molecule has 2 heterocycles. The van der Waals surface area contributed by atoms with Gasteiger partial charge in [0.15, 0.2) is 5.65 Å². The van der Waals surface area contributed by atoms with E-state index in [9.17, 15) is 4.79 Å². The number of alkyl carbamates (subject to hydrolysis) is 1. The van der Waals surface area contributed by atoms with Gasteiger partial charge >= 0.3 is 6.09 Å². The van der Waals surface area contributed by atoms with E-state index < -0.39 is 11.7 Å². The van der Waals surface area contributed by atoms with E-state index in [-0.39, 0.29) is 0 Å². The van der Waals surface area contributed by atoms with Gasteiger partial charge in [0.2, 0.25) is 0 Å². The second-order valence-electron chi connectivity index (χ2n) is 5.53. The van der Waals surface area contributed by atoms with Gasteiger partial charge < -0.3 is 10.1 Å². The number of nitrogens with one attached hydrogen (secondary N) is 1. The zero-order valence-electron chi connectivity index (χ0n) is 14.0. The van der Waals surface area contributed by atoms with E-state index in [1.54, 1.807) is 6.20 Å². The van der Waals surface area contributed by atoms with Gasteiger partial charge in [-0.05, 0) is 45.0 Å². The molecule has 2 rings (SSSR count). The first kappa shape index (κ1) is 17.9. The SMILES string of the molecule is CC.CC(C)(C)OC(=O)NCCc1ccc2cccnc2n1. The molecule has 5 heteroatoms. The molecule has 0 bridgehead atoms. The van der Waals surface area contributed by atoms with Gasteiger partial charge in [0.1, 0.15) is 5.60 Å². The molecule has 0 aliphatic rings. The topological polar surface area (TPSA) is 64.1 Å². The number of hydrogen-bond acceptors (Lipinski definition) is 4. The maximum Gasteiger partial charge on any atom is 0.407 e. The molecule has 1 amide bonds. The third kappa shape index (κ3) is 6.08. The van der Waals surface area contributed by atoms with Crippen molar-refractivity contribution < 1.29 is 9.53 Å². The minimum Gasteiger partial charge on any atom is -0.444 e. The molecular weight excluding hydrogens is 278 g/mol. The average molecular weight is 303 g/mol. The zero-order valence-corrected chi connectivity index (χ0v) is 14.0. The summed E-state index contributed by atoms with van der Waals surface area (Å²) in [6, 6.07) is 7.78. The van der Waals surface area contributed by atoms with E-state index >= 15 is 0 Å². The Balaban J connectivity index is 0.00000116. The van der Waals surface area contributed by atoms with E-state index in [1.807, 2.05) is 58.9 Å². The van der Waals surface area contributed by atoms with E-state index in [2.05, 4.69) is 15.3 Å². The normalized spacial score (nSPS) is 10.6. The van der Waals surface area contributed by atoms with Gasteiger partial charge in [0.05, 0.1) is 0 Å². The summed E-state index contributed by atoms with van der Waals surface area (Å²) in [7, 11) is 0. The summed E-state index contributed by atoms with van der Waals surface area (Å²) in [5, 5.41) is 3.72. The summed E-state index contributed by atoms with van der Waals surface area (Å²) in [5.74, 6) is 0. The highest BCUT2D eigenvalue weighted by Gasteiger charge is 2.15. The Kier molecular flexibility index (Phi) is 6.76. The van der Waals surface area contributed by atoms with Gasteiger partial charge in [-0.2, -0.15) is 0 Å². The molecule has 0 aliphatic carbocycles. The van der Waals surface area contributed by atoms with Crippen LogP contribution in [0.4, 0.5) is 4.79 Å². The van der Waals surface area contributed by atoms with Crippen LogP contribution in [0.25, 0.3) is 11.0 Å². The van der Waals surface area contributed by atoms with Crippen molar-refractivity contribution in [2.45, 2.75) is 46.6 Å². The number of ether oxygens (including phenoxy) is 1. The van der Waals surface area contributed by atoms with Crippen LogP contribution in [0.15, 0.2) is 30.5 Å². The first-order chi connectivity index (χ1) is 10.4. The first-order valence-corrected chi connectivity index (χ1v) is 7.61. The molecule has 0 aliphatic heterocycles. The van der Waals surface area contributed by atoms with Crippen LogP contribution in [-0.4, -0.2) is 28.2 Å². The summed E-state index contributed by atoms with van der Waals surface area (Å²) < 4.78 is 5.16. The number of carbonyl (C=O) groups is 1. The molecule has 0 spiro atoms. The lowest BCUT2D eigenvalue weighted by Gasteiger charge is -2.19. The quantitative estimate of drug-likeness (QED) is 0.938. The van der Waals surface area contributed by atoms with Crippen molar-refractivity contribution in [2.75, 3.05) is 6.54 Å². The van der Waals surface area contributed by atoms with E-state index in [1.165, 1.54) is 0 Å². The van der Waals surface area contributed by atoms with Crippen molar-refractivity contribution in [3.05, 3.63) is 36.2 Å². The Morgan fingerprint density at radius 3 is 2.64 bits per heavy atom. The summed E-state index contributed by atoms with van der Waals surface area (Å²) in [6.07, 6.45) is 1.96. The maximum atomic E-state index is 11.5. The molecule has 0 saturated heterocycles. The zero-order chi connectivity index (χ0) is 16.6. The van der Waals surface area contributed by atoms with Crippen molar-refractivity contribution in [3.63, 3.8) is 0 Å². The summed E-state index contributed by atoms with van der Waals surface area (Å²) >= 11 is 0. The molecule has 0 radical (unpaired) electrons. The number of fused-ring (bicyclic) bond motifs is 1. The van der Waals surface area contributed by atoms with Gasteiger partial charge in [0, 0.05) is 30.2 Å². The fourth-order valence-corrected chi connectivity index (χ4v) is 1.74. The monoisotopic (exact) mass is 303 g/mol. The molecule has 2 aromatic rings. The van der Waals surface area contributed by atoms with Crippen molar-refractivity contribution in [1.82, 2.24) is 15.3 Å². The highest BCUT2D eigenvalue weighted by Crippen LogP contribution is 2.09. The van der Waals surface area contributed by atoms with E-state index in [4.69, 9.17) is 4.74 Å². The van der Waals surface area contributed by atoms with Crippen LogP contribution >= 0.6 is 0 Å². The minimum absolute atomic E-state index is 0.406. The summed E-state index contributed by atoms with van der Waals surface area (Å²) in [6.45, 7) is 10.00. The van der Waals surface area contributed by atoms with Crippen molar-refractivity contribution in [1.29, 1.82) is 0 Å². The van der Waals surface area contributed by atoms with Crippen molar-refractivity contribution in [3.8, 4) is 0 Å². The van der Waals surface area contributed by atoms with Gasteiger partial charge in [-0.1, -0.05) is 13.8 Å². The molecular formula is C17H25N3O2. The third-order valence-electron chi connectivity index (χ3n) is 2.57. The molecule has 5 nitrogen and oxygen atoms in total. The molecule has 0 atom stereocenters. The van der Waals surface area contributed by atoms with Crippen LogP contribution in [0.3, 0.4) is 0 Å². The van der Waals surface area contributed by atoms with Crippen LogP contribution < -0.4 is 5.32 Å². The predicted molar refractivity (Wildman–Crippen MR) is 88.8 cm³/mol. The molecule has 120 valence electrons. The van der Waals surface area contributed by atoms with Crippen LogP contribution in [0.5, 0.6) is 0 Å². The summed E-state index contributed by atoms with van der Waals surface area (Å²) in [5.41, 5.74) is 1.14. The molecule has 2 aromatic heterocycles. The average Bonchev–Trinajstić information content (AvgIpc) is 2.47. The Morgan fingerprint density at radius 1 is 1.23 bits per heavy atom.